The summed E-state index contributed by atoms with van der Waals surface area (Å²) in [7, 11) is 0. The molecule has 2 aliphatic heterocycles. The van der Waals surface area contributed by atoms with Crippen LogP contribution in [-0.4, -0.2) is 53.7 Å². The zero-order chi connectivity index (χ0) is 23.5. The summed E-state index contributed by atoms with van der Waals surface area (Å²) in [5, 5.41) is 16.9. The maximum Gasteiger partial charge on any atom is 0.255 e. The summed E-state index contributed by atoms with van der Waals surface area (Å²) in [5.74, 6) is 0.420. The zero-order valence-corrected chi connectivity index (χ0v) is 19.6. The average molecular weight is 452 g/mol. The van der Waals surface area contributed by atoms with Gasteiger partial charge in [0.1, 0.15) is 5.75 Å². The molecule has 2 aliphatic rings. The van der Waals surface area contributed by atoms with Crippen LogP contribution in [0.25, 0.3) is 0 Å². The van der Waals surface area contributed by atoms with E-state index in [4.69, 9.17) is 4.74 Å². The van der Waals surface area contributed by atoms with Crippen molar-refractivity contribution in [1.82, 2.24) is 15.5 Å². The molecule has 3 N–H and O–H groups in total. The van der Waals surface area contributed by atoms with Gasteiger partial charge in [-0.25, -0.2) is 0 Å². The number of benzene rings is 2. The van der Waals surface area contributed by atoms with Crippen LogP contribution in [0.3, 0.4) is 0 Å². The van der Waals surface area contributed by atoms with Crippen LogP contribution in [0.15, 0.2) is 36.4 Å². The Bertz CT molecular complexity index is 1040. The summed E-state index contributed by atoms with van der Waals surface area (Å²) < 4.78 is 5.70. The standard InChI is InChI=1S/C26H33N3O4/c1-4-33-24-11-20-19(15-29(26(20)32)14-16(2)3)9-21(24)25(31)28-13-23(30)22-10-17-7-5-6-8-18(17)12-27-22/h5-9,11,16,22-23,27,30H,4,10,12-15H2,1-3H3,(H,28,31)/t22-,23?/m0/s1. The zero-order valence-electron chi connectivity index (χ0n) is 19.6. The third kappa shape index (κ3) is 5.04. The maximum atomic E-state index is 13.0. The summed E-state index contributed by atoms with van der Waals surface area (Å²) in [6.07, 6.45) is -0.0141. The molecule has 0 saturated heterocycles. The molecule has 2 atom stereocenters. The van der Waals surface area contributed by atoms with E-state index in [0.717, 1.165) is 5.56 Å². The Labute approximate surface area is 195 Å². The second kappa shape index (κ2) is 9.93. The molecule has 33 heavy (non-hydrogen) atoms. The van der Waals surface area contributed by atoms with E-state index < -0.39 is 6.10 Å². The number of rotatable bonds is 8. The Balaban J connectivity index is 1.44. The second-order valence-corrected chi connectivity index (χ2v) is 9.26. The molecule has 1 unspecified atom stereocenters. The molecule has 0 radical (unpaired) electrons. The lowest BCUT2D eigenvalue weighted by Gasteiger charge is -2.30. The van der Waals surface area contributed by atoms with Crippen molar-refractivity contribution in [3.63, 3.8) is 0 Å². The summed E-state index contributed by atoms with van der Waals surface area (Å²) in [5.41, 5.74) is 4.29. The van der Waals surface area contributed by atoms with E-state index in [1.54, 1.807) is 12.1 Å². The van der Waals surface area contributed by atoms with Crippen molar-refractivity contribution in [2.45, 2.75) is 52.4 Å². The van der Waals surface area contributed by atoms with E-state index >= 15 is 0 Å². The summed E-state index contributed by atoms with van der Waals surface area (Å²) in [6.45, 7) is 8.37. The third-order valence-electron chi connectivity index (χ3n) is 6.26. The fraction of sp³-hybridized carbons (Fsp3) is 0.462. The Kier molecular flexibility index (Phi) is 7.00. The molecule has 7 nitrogen and oxygen atoms in total. The molecule has 0 bridgehead atoms. The first-order chi connectivity index (χ1) is 15.9. The van der Waals surface area contributed by atoms with Crippen molar-refractivity contribution < 1.29 is 19.4 Å². The van der Waals surface area contributed by atoms with E-state index in [0.29, 0.717) is 55.5 Å². The number of carbonyl (C=O) groups excluding carboxylic acids is 2. The molecule has 0 saturated carbocycles. The molecule has 4 rings (SSSR count). The van der Waals surface area contributed by atoms with Crippen LogP contribution < -0.4 is 15.4 Å². The highest BCUT2D eigenvalue weighted by molar-refractivity contribution is 6.03. The topological polar surface area (TPSA) is 90.9 Å². The SMILES string of the molecule is CCOc1cc2c(cc1C(=O)NCC(O)[C@@H]1Cc3ccccc3CN1)CN(CC(C)C)C2=O. The highest BCUT2D eigenvalue weighted by atomic mass is 16.5. The van der Waals surface area contributed by atoms with Crippen LogP contribution >= 0.6 is 0 Å². The number of aliphatic hydroxyl groups excluding tert-OH is 1. The first kappa shape index (κ1) is 23.3. The van der Waals surface area contributed by atoms with E-state index in [9.17, 15) is 14.7 Å². The van der Waals surface area contributed by atoms with Gasteiger partial charge in [-0.1, -0.05) is 38.1 Å². The number of amides is 2. The van der Waals surface area contributed by atoms with Crippen LogP contribution in [0.5, 0.6) is 5.75 Å². The number of hydrogen-bond acceptors (Lipinski definition) is 5. The first-order valence-electron chi connectivity index (χ1n) is 11.7. The van der Waals surface area contributed by atoms with E-state index in [2.05, 4.69) is 36.6 Å². The smallest absolute Gasteiger partial charge is 0.255 e. The molecule has 7 heteroatoms. The van der Waals surface area contributed by atoms with Gasteiger partial charge in [-0.2, -0.15) is 0 Å². The van der Waals surface area contributed by atoms with Crippen LogP contribution in [-0.2, 0) is 19.5 Å². The highest BCUT2D eigenvalue weighted by Crippen LogP contribution is 2.31. The van der Waals surface area contributed by atoms with Gasteiger partial charge in [-0.05, 0) is 48.1 Å². The van der Waals surface area contributed by atoms with Crippen molar-refractivity contribution in [3.05, 3.63) is 64.2 Å². The van der Waals surface area contributed by atoms with Gasteiger partial charge in [0.2, 0.25) is 0 Å². The van der Waals surface area contributed by atoms with Crippen LogP contribution in [0.4, 0.5) is 0 Å². The van der Waals surface area contributed by atoms with Crippen molar-refractivity contribution in [2.75, 3.05) is 19.7 Å². The van der Waals surface area contributed by atoms with Gasteiger partial charge < -0.3 is 25.4 Å². The van der Waals surface area contributed by atoms with Crippen LogP contribution in [0, 0.1) is 5.92 Å². The number of nitrogens with zero attached hydrogens (tertiary/aromatic N) is 1. The molecule has 2 heterocycles. The number of nitrogens with one attached hydrogen (secondary N) is 2. The molecular weight excluding hydrogens is 418 g/mol. The van der Waals surface area contributed by atoms with Crippen molar-refractivity contribution in [3.8, 4) is 5.75 Å². The number of ether oxygens (including phenoxy) is 1. The summed E-state index contributed by atoms with van der Waals surface area (Å²) in [6, 6.07) is 11.5. The van der Waals surface area contributed by atoms with Crippen LogP contribution in [0.1, 0.15) is 58.2 Å². The minimum atomic E-state index is -0.726. The Hall–Kier alpha value is -2.90. The normalized spacial score (nSPS) is 18.2. The van der Waals surface area contributed by atoms with Gasteiger partial charge in [0.15, 0.2) is 0 Å². The molecule has 0 spiro atoms. The summed E-state index contributed by atoms with van der Waals surface area (Å²) in [4.78, 5) is 27.6. The average Bonchev–Trinajstić information content (AvgIpc) is 3.10. The second-order valence-electron chi connectivity index (χ2n) is 9.26. The highest BCUT2D eigenvalue weighted by Gasteiger charge is 2.31. The Morgan fingerprint density at radius 1 is 1.24 bits per heavy atom. The van der Waals surface area contributed by atoms with Gasteiger partial charge >= 0.3 is 0 Å². The molecule has 176 valence electrons. The number of aliphatic hydroxyl groups is 1. The monoisotopic (exact) mass is 451 g/mol. The van der Waals surface area contributed by atoms with E-state index in [1.165, 1.54) is 11.1 Å². The largest absolute Gasteiger partial charge is 0.493 e. The number of fused-ring (bicyclic) bond motifs is 2. The molecule has 0 aliphatic carbocycles. The molecule has 2 amide bonds. The number of hydrogen-bond donors (Lipinski definition) is 3. The lowest BCUT2D eigenvalue weighted by molar-refractivity contribution is 0.0759. The minimum Gasteiger partial charge on any atom is -0.493 e. The van der Waals surface area contributed by atoms with Gasteiger partial charge in [0.05, 0.1) is 18.3 Å². The maximum absolute atomic E-state index is 13.0. The molecule has 0 fully saturated rings. The third-order valence-corrected chi connectivity index (χ3v) is 6.26. The van der Waals surface area contributed by atoms with Crippen molar-refractivity contribution >= 4 is 11.8 Å². The van der Waals surface area contributed by atoms with Gasteiger partial charge in [-0.15, -0.1) is 0 Å². The molecule has 2 aromatic rings. The lowest BCUT2D eigenvalue weighted by Crippen LogP contribution is -2.49. The van der Waals surface area contributed by atoms with Crippen LogP contribution in [0.2, 0.25) is 0 Å². The minimum absolute atomic E-state index is 0.0225. The lowest BCUT2D eigenvalue weighted by atomic mass is 9.93. The number of carbonyl (C=O) groups is 2. The quantitative estimate of drug-likeness (QED) is 0.574. The van der Waals surface area contributed by atoms with E-state index in [-0.39, 0.29) is 24.4 Å². The molecular formula is C26H33N3O4. The predicted octanol–water partition coefficient (Wildman–Crippen LogP) is 2.50. The Morgan fingerprint density at radius 2 is 2.00 bits per heavy atom. The molecule has 0 aromatic heterocycles. The fourth-order valence-electron chi connectivity index (χ4n) is 4.63. The van der Waals surface area contributed by atoms with Crippen molar-refractivity contribution in [1.29, 1.82) is 0 Å². The summed E-state index contributed by atoms with van der Waals surface area (Å²) >= 11 is 0. The van der Waals surface area contributed by atoms with Gasteiger partial charge in [0.25, 0.3) is 11.8 Å². The van der Waals surface area contributed by atoms with Crippen molar-refractivity contribution in [2.24, 2.45) is 5.92 Å². The van der Waals surface area contributed by atoms with Gasteiger partial charge in [-0.3, -0.25) is 9.59 Å². The Morgan fingerprint density at radius 3 is 2.73 bits per heavy atom. The van der Waals surface area contributed by atoms with Gasteiger partial charge in [0, 0.05) is 37.8 Å². The first-order valence-corrected chi connectivity index (χ1v) is 11.7. The fourth-order valence-corrected chi connectivity index (χ4v) is 4.63. The molecule has 2 aromatic carbocycles. The van der Waals surface area contributed by atoms with E-state index in [1.807, 2.05) is 24.0 Å². The predicted molar refractivity (Wildman–Crippen MR) is 126 cm³/mol.